The fourth-order valence-electron chi connectivity index (χ4n) is 1.48. The van der Waals surface area contributed by atoms with Gasteiger partial charge in [-0.25, -0.2) is 9.18 Å². The minimum atomic E-state index is -0.763. The van der Waals surface area contributed by atoms with Crippen LogP contribution in [-0.2, 0) is 9.53 Å². The molecule has 7 heteroatoms. The number of esters is 1. The van der Waals surface area contributed by atoms with Crippen LogP contribution in [0.1, 0.15) is 12.5 Å². The van der Waals surface area contributed by atoms with Crippen LogP contribution in [0.4, 0.5) is 10.1 Å². The molecule has 0 amide bonds. The molecule has 0 bridgehead atoms. The van der Waals surface area contributed by atoms with Gasteiger partial charge in [0.05, 0.1) is 12.3 Å². The van der Waals surface area contributed by atoms with Crippen molar-refractivity contribution in [1.29, 1.82) is 10.5 Å². The molecule has 0 unspecified atom stereocenters. The zero-order valence-electron chi connectivity index (χ0n) is 11.6. The van der Waals surface area contributed by atoms with Crippen molar-refractivity contribution in [2.75, 3.05) is 18.7 Å². The van der Waals surface area contributed by atoms with E-state index in [0.29, 0.717) is 0 Å². The SMILES string of the molecule is CCOC(=O)/C(C#N)=C/NN(C)c1cccc(F)c1C#N. The molecule has 0 aliphatic carbocycles. The largest absolute Gasteiger partial charge is 0.462 e. The Morgan fingerprint density at radius 1 is 1.52 bits per heavy atom. The van der Waals surface area contributed by atoms with Crippen molar-refractivity contribution in [2.24, 2.45) is 0 Å². The monoisotopic (exact) mass is 288 g/mol. The second-order valence-corrected chi connectivity index (χ2v) is 3.82. The molecule has 0 aromatic heterocycles. The van der Waals surface area contributed by atoms with Gasteiger partial charge in [0.25, 0.3) is 0 Å². The molecular weight excluding hydrogens is 275 g/mol. The molecule has 1 rings (SSSR count). The highest BCUT2D eigenvalue weighted by molar-refractivity contribution is 5.92. The highest BCUT2D eigenvalue weighted by atomic mass is 19.1. The van der Waals surface area contributed by atoms with Crippen LogP contribution in [0.2, 0.25) is 0 Å². The number of hydrazine groups is 1. The van der Waals surface area contributed by atoms with Crippen LogP contribution in [0, 0.1) is 28.5 Å². The number of nitrogens with one attached hydrogen (secondary N) is 1. The van der Waals surface area contributed by atoms with Gasteiger partial charge in [0, 0.05) is 13.2 Å². The van der Waals surface area contributed by atoms with Crippen LogP contribution < -0.4 is 10.4 Å². The van der Waals surface area contributed by atoms with Crippen LogP contribution in [0.5, 0.6) is 0 Å². The van der Waals surface area contributed by atoms with Crippen LogP contribution in [-0.4, -0.2) is 19.6 Å². The van der Waals surface area contributed by atoms with Crippen LogP contribution in [0.25, 0.3) is 0 Å². The van der Waals surface area contributed by atoms with Crippen molar-refractivity contribution >= 4 is 11.7 Å². The van der Waals surface area contributed by atoms with Crippen molar-refractivity contribution in [1.82, 2.24) is 5.43 Å². The summed E-state index contributed by atoms with van der Waals surface area (Å²) in [7, 11) is 1.52. The molecule has 0 saturated carbocycles. The number of carbonyl (C=O) groups excluding carboxylic acids is 1. The molecule has 0 atom stereocenters. The summed E-state index contributed by atoms with van der Waals surface area (Å²) in [6, 6.07) is 7.59. The number of hydrogen-bond donors (Lipinski definition) is 1. The number of nitriles is 2. The molecule has 6 nitrogen and oxygen atoms in total. The topological polar surface area (TPSA) is 89.2 Å². The quantitative estimate of drug-likeness (QED) is 0.383. The Morgan fingerprint density at radius 2 is 2.24 bits per heavy atom. The maximum absolute atomic E-state index is 13.5. The minimum absolute atomic E-state index is 0.143. The van der Waals surface area contributed by atoms with E-state index in [1.807, 2.05) is 0 Å². The van der Waals surface area contributed by atoms with E-state index in [4.69, 9.17) is 15.3 Å². The standard InChI is InChI=1S/C14H13FN4O2/c1-3-21-14(20)10(7-16)9-18-19(2)13-6-4-5-12(15)11(13)8-17/h4-6,9,18H,3H2,1-2H3/b10-9+. The van der Waals surface area contributed by atoms with Crippen molar-refractivity contribution in [3.63, 3.8) is 0 Å². The predicted molar refractivity (Wildman–Crippen MR) is 73.0 cm³/mol. The summed E-state index contributed by atoms with van der Waals surface area (Å²) in [5.41, 5.74) is 2.51. The number of carbonyl (C=O) groups is 1. The van der Waals surface area contributed by atoms with Gasteiger partial charge in [0.2, 0.25) is 0 Å². The second kappa shape index (κ2) is 7.51. The molecule has 1 aromatic carbocycles. The van der Waals surface area contributed by atoms with Crippen LogP contribution in [0.15, 0.2) is 30.0 Å². The number of halogens is 1. The summed E-state index contributed by atoms with van der Waals surface area (Å²) >= 11 is 0. The Morgan fingerprint density at radius 3 is 2.81 bits per heavy atom. The Labute approximate surface area is 121 Å². The van der Waals surface area contributed by atoms with E-state index >= 15 is 0 Å². The fourth-order valence-corrected chi connectivity index (χ4v) is 1.48. The number of rotatable bonds is 5. The fraction of sp³-hybridized carbons (Fsp3) is 0.214. The maximum Gasteiger partial charge on any atom is 0.350 e. The van der Waals surface area contributed by atoms with Crippen LogP contribution >= 0.6 is 0 Å². The molecule has 21 heavy (non-hydrogen) atoms. The first-order valence-electron chi connectivity index (χ1n) is 6.01. The number of nitrogens with zero attached hydrogens (tertiary/aromatic N) is 3. The summed E-state index contributed by atoms with van der Waals surface area (Å²) < 4.78 is 18.2. The average Bonchev–Trinajstić information content (AvgIpc) is 2.47. The first-order chi connectivity index (χ1) is 10.0. The van der Waals surface area contributed by atoms with Crippen molar-refractivity contribution in [3.8, 4) is 12.1 Å². The molecule has 0 aliphatic rings. The van der Waals surface area contributed by atoms with Crippen LogP contribution in [0.3, 0.4) is 0 Å². The van der Waals surface area contributed by atoms with E-state index in [2.05, 4.69) is 5.43 Å². The van der Waals surface area contributed by atoms with Crippen molar-refractivity contribution in [3.05, 3.63) is 41.4 Å². The van der Waals surface area contributed by atoms with Crippen molar-refractivity contribution in [2.45, 2.75) is 6.92 Å². The summed E-state index contributed by atoms with van der Waals surface area (Å²) in [4.78, 5) is 11.4. The van der Waals surface area contributed by atoms with Gasteiger partial charge >= 0.3 is 5.97 Å². The molecule has 1 N–H and O–H groups in total. The van der Waals surface area contributed by atoms with E-state index in [9.17, 15) is 9.18 Å². The number of ether oxygens (including phenoxy) is 1. The van der Waals surface area contributed by atoms with Gasteiger partial charge < -0.3 is 10.2 Å². The highest BCUT2D eigenvalue weighted by Gasteiger charge is 2.13. The first-order valence-corrected chi connectivity index (χ1v) is 6.01. The second-order valence-electron chi connectivity index (χ2n) is 3.82. The van der Waals surface area contributed by atoms with Gasteiger partial charge in [-0.2, -0.15) is 10.5 Å². The maximum atomic E-state index is 13.5. The Hall–Kier alpha value is -3.06. The van der Waals surface area contributed by atoms with Gasteiger partial charge in [-0.15, -0.1) is 0 Å². The molecule has 0 spiro atoms. The number of hydrogen-bond acceptors (Lipinski definition) is 6. The molecule has 0 radical (unpaired) electrons. The van der Waals surface area contributed by atoms with Gasteiger partial charge in [0.15, 0.2) is 5.57 Å². The van der Waals surface area contributed by atoms with Crippen molar-refractivity contribution < 1.29 is 13.9 Å². The molecule has 0 aliphatic heterocycles. The van der Waals surface area contributed by atoms with E-state index in [0.717, 1.165) is 6.20 Å². The molecular formula is C14H13FN4O2. The Kier molecular flexibility index (Phi) is 5.72. The molecule has 108 valence electrons. The summed E-state index contributed by atoms with van der Waals surface area (Å²) in [6.45, 7) is 1.77. The van der Waals surface area contributed by atoms with Gasteiger partial charge in [-0.05, 0) is 19.1 Å². The smallest absolute Gasteiger partial charge is 0.350 e. The third-order valence-corrected chi connectivity index (χ3v) is 2.48. The van der Waals surface area contributed by atoms with Gasteiger partial charge in [-0.1, -0.05) is 6.07 Å². The molecule has 0 heterocycles. The lowest BCUT2D eigenvalue weighted by molar-refractivity contribution is -0.138. The third kappa shape index (κ3) is 3.95. The average molecular weight is 288 g/mol. The normalized spacial score (nSPS) is 10.2. The summed E-state index contributed by atoms with van der Waals surface area (Å²) in [5, 5.41) is 19.1. The predicted octanol–water partition coefficient (Wildman–Crippen LogP) is 1.61. The number of benzene rings is 1. The lowest BCUT2D eigenvalue weighted by atomic mass is 10.2. The Bertz CT molecular complexity index is 643. The van der Waals surface area contributed by atoms with E-state index in [-0.39, 0.29) is 23.4 Å². The number of anilines is 1. The van der Waals surface area contributed by atoms with E-state index < -0.39 is 11.8 Å². The van der Waals surface area contributed by atoms with Gasteiger partial charge in [0.1, 0.15) is 23.5 Å². The third-order valence-electron chi connectivity index (χ3n) is 2.48. The molecule has 0 saturated heterocycles. The lowest BCUT2D eigenvalue weighted by Crippen LogP contribution is -2.31. The van der Waals surface area contributed by atoms with Gasteiger partial charge in [-0.3, -0.25) is 5.01 Å². The lowest BCUT2D eigenvalue weighted by Gasteiger charge is -2.20. The molecule has 1 aromatic rings. The minimum Gasteiger partial charge on any atom is -0.462 e. The van der Waals surface area contributed by atoms with E-state index in [1.165, 1.54) is 30.3 Å². The zero-order chi connectivity index (χ0) is 15.8. The first kappa shape index (κ1) is 16.0. The Balaban J connectivity index is 2.95. The molecule has 0 fully saturated rings. The van der Waals surface area contributed by atoms with E-state index in [1.54, 1.807) is 19.1 Å². The highest BCUT2D eigenvalue weighted by Crippen LogP contribution is 2.20. The summed E-state index contributed by atoms with van der Waals surface area (Å²) in [6.07, 6.45) is 1.13. The zero-order valence-corrected chi connectivity index (χ0v) is 11.6. The summed E-state index contributed by atoms with van der Waals surface area (Å²) in [5.74, 6) is -1.42.